The Morgan fingerprint density at radius 1 is 0.515 bits per heavy atom. The molecule has 4 aromatic carbocycles. The van der Waals surface area contributed by atoms with Gasteiger partial charge < -0.3 is 9.47 Å². The molecular weight excluding hydrogens is 432 g/mol. The van der Waals surface area contributed by atoms with Crippen LogP contribution in [0.15, 0.2) is 109 Å². The van der Waals surface area contributed by atoms with Crippen LogP contribution in [0.4, 0.5) is 0 Å². The van der Waals surface area contributed by atoms with Crippen LogP contribution in [-0.4, -0.2) is 22.6 Å². The average Bonchev–Trinajstić information content (AvgIpc) is 2.85. The fourth-order valence-electron chi connectivity index (χ4n) is 4.14. The molecule has 0 aliphatic rings. The lowest BCUT2D eigenvalue weighted by molar-refractivity contribution is 0.414. The van der Waals surface area contributed by atoms with Gasteiger partial charge in [-0.2, -0.15) is 0 Å². The van der Waals surface area contributed by atoms with Crippen LogP contribution in [0.25, 0.3) is 0 Å². The summed E-state index contributed by atoms with van der Waals surface area (Å²) in [4.78, 5) is 0. The smallest absolute Gasteiger partial charge is 0.172 e. The van der Waals surface area contributed by atoms with E-state index in [1.165, 1.54) is 0 Å². The molecule has 0 bridgehead atoms. The molecule has 2 unspecified atom stereocenters. The van der Waals surface area contributed by atoms with Gasteiger partial charge in [-0.05, 0) is 46.5 Å². The van der Waals surface area contributed by atoms with E-state index in [0.29, 0.717) is 33.8 Å². The highest BCUT2D eigenvalue weighted by Crippen LogP contribution is 2.43. The minimum absolute atomic E-state index is 0.612. The van der Waals surface area contributed by atoms with E-state index < -0.39 is 20.3 Å². The molecule has 0 N–H and O–H groups in total. The van der Waals surface area contributed by atoms with Gasteiger partial charge in [-0.15, -0.1) is 0 Å². The minimum Gasteiger partial charge on any atom is -0.497 e. The molecule has 0 aromatic heterocycles. The van der Waals surface area contributed by atoms with Crippen LogP contribution >= 0.6 is 0 Å². The Morgan fingerprint density at radius 3 is 1.24 bits per heavy atom. The molecular formula is C28H26O4S. The fraction of sp³-hybridized carbons (Fsp3) is 0.143. The molecule has 0 fully saturated rings. The van der Waals surface area contributed by atoms with Crippen molar-refractivity contribution < 1.29 is 17.9 Å². The highest BCUT2D eigenvalue weighted by atomic mass is 32.2. The van der Waals surface area contributed by atoms with Crippen molar-refractivity contribution in [3.8, 4) is 11.5 Å². The van der Waals surface area contributed by atoms with E-state index in [0.717, 1.165) is 0 Å². The normalized spacial score (nSPS) is 13.2. The largest absolute Gasteiger partial charge is 0.497 e. The molecule has 2 atom stereocenters. The molecule has 168 valence electrons. The highest BCUT2D eigenvalue weighted by Gasteiger charge is 2.38. The van der Waals surface area contributed by atoms with Crippen molar-refractivity contribution in [1.82, 2.24) is 0 Å². The Labute approximate surface area is 195 Å². The third-order valence-corrected chi connectivity index (χ3v) is 8.06. The summed E-state index contributed by atoms with van der Waals surface area (Å²) in [6, 6.07) is 33.2. The van der Waals surface area contributed by atoms with Crippen molar-refractivity contribution in [2.45, 2.75) is 10.5 Å². The van der Waals surface area contributed by atoms with Crippen LogP contribution < -0.4 is 9.47 Å². The molecule has 4 rings (SSSR count). The summed E-state index contributed by atoms with van der Waals surface area (Å²) in [5, 5.41) is -1.77. The topological polar surface area (TPSA) is 52.6 Å². The molecule has 0 heterocycles. The van der Waals surface area contributed by atoms with Crippen LogP contribution in [0.5, 0.6) is 11.5 Å². The van der Waals surface area contributed by atoms with Crippen LogP contribution in [0.2, 0.25) is 0 Å². The van der Waals surface area contributed by atoms with E-state index in [2.05, 4.69) is 0 Å². The van der Waals surface area contributed by atoms with E-state index in [-0.39, 0.29) is 0 Å². The number of ether oxygens (including phenoxy) is 2. The molecule has 0 aliphatic heterocycles. The van der Waals surface area contributed by atoms with Gasteiger partial charge in [0.2, 0.25) is 0 Å². The molecule has 0 saturated carbocycles. The predicted molar refractivity (Wildman–Crippen MR) is 131 cm³/mol. The molecule has 0 amide bonds. The van der Waals surface area contributed by atoms with Crippen LogP contribution in [-0.2, 0) is 9.84 Å². The number of rotatable bonds is 8. The van der Waals surface area contributed by atoms with Gasteiger partial charge in [-0.25, -0.2) is 8.42 Å². The lowest BCUT2D eigenvalue weighted by Crippen LogP contribution is -2.23. The zero-order chi connectivity index (χ0) is 23.3. The van der Waals surface area contributed by atoms with Crippen molar-refractivity contribution >= 4 is 9.84 Å². The van der Waals surface area contributed by atoms with Gasteiger partial charge in [0.15, 0.2) is 9.84 Å². The Bertz CT molecular complexity index is 1210. The van der Waals surface area contributed by atoms with Gasteiger partial charge in [0, 0.05) is 0 Å². The van der Waals surface area contributed by atoms with E-state index in [1.807, 2.05) is 97.1 Å². The first-order chi connectivity index (χ1) is 16.0. The number of sulfone groups is 1. The van der Waals surface area contributed by atoms with E-state index in [9.17, 15) is 8.42 Å². The second-order valence-electron chi connectivity index (χ2n) is 7.72. The number of hydrogen-bond acceptors (Lipinski definition) is 4. The maximum Gasteiger partial charge on any atom is 0.172 e. The highest BCUT2D eigenvalue weighted by molar-refractivity contribution is 7.92. The Kier molecular flexibility index (Phi) is 6.80. The molecule has 0 saturated heterocycles. The summed E-state index contributed by atoms with van der Waals surface area (Å²) in [7, 11) is -0.681. The zero-order valence-corrected chi connectivity index (χ0v) is 19.4. The summed E-state index contributed by atoms with van der Waals surface area (Å²) >= 11 is 0. The van der Waals surface area contributed by atoms with Gasteiger partial charge >= 0.3 is 0 Å². The standard InChI is InChI=1S/C28H26O4S/c1-31-25-17-9-15-23(19-25)27(21-11-5-3-6-12-21)33(29,30)28(22-13-7-4-8-14-22)24-16-10-18-26(20-24)32-2/h3-20,27-28H,1-2H3. The third kappa shape index (κ3) is 4.78. The minimum atomic E-state index is -3.84. The number of hydrogen-bond donors (Lipinski definition) is 0. The maximum atomic E-state index is 14.6. The van der Waals surface area contributed by atoms with Gasteiger partial charge in [-0.1, -0.05) is 84.9 Å². The summed E-state index contributed by atoms with van der Waals surface area (Å²) in [6.45, 7) is 0. The van der Waals surface area contributed by atoms with Crippen LogP contribution in [0.1, 0.15) is 32.8 Å². The molecule has 5 heteroatoms. The fourth-order valence-corrected chi connectivity index (χ4v) is 6.54. The number of benzene rings is 4. The summed E-state index contributed by atoms with van der Waals surface area (Å²) in [6.07, 6.45) is 0. The Morgan fingerprint density at radius 2 is 0.879 bits per heavy atom. The first kappa shape index (κ1) is 22.6. The van der Waals surface area contributed by atoms with Crippen LogP contribution in [0.3, 0.4) is 0 Å². The Hall–Kier alpha value is -3.57. The first-order valence-electron chi connectivity index (χ1n) is 10.6. The summed E-state index contributed by atoms with van der Waals surface area (Å²) in [5.74, 6) is 1.22. The van der Waals surface area contributed by atoms with Crippen molar-refractivity contribution in [3.05, 3.63) is 131 Å². The molecule has 4 nitrogen and oxygen atoms in total. The van der Waals surface area contributed by atoms with Gasteiger partial charge in [0.1, 0.15) is 22.0 Å². The SMILES string of the molecule is COc1cccc(C(c2ccccc2)S(=O)(=O)C(c2ccccc2)c2cccc(OC)c2)c1. The quantitative estimate of drug-likeness (QED) is 0.325. The third-order valence-electron chi connectivity index (χ3n) is 5.65. The lowest BCUT2D eigenvalue weighted by atomic mass is 10.0. The second-order valence-corrected chi connectivity index (χ2v) is 9.84. The average molecular weight is 459 g/mol. The molecule has 0 spiro atoms. The summed E-state index contributed by atoms with van der Waals surface area (Å²) in [5.41, 5.74) is 2.72. The van der Waals surface area contributed by atoms with Crippen LogP contribution in [0, 0.1) is 0 Å². The zero-order valence-electron chi connectivity index (χ0n) is 18.6. The van der Waals surface area contributed by atoms with E-state index >= 15 is 0 Å². The number of methoxy groups -OCH3 is 2. The van der Waals surface area contributed by atoms with Crippen molar-refractivity contribution in [2.24, 2.45) is 0 Å². The van der Waals surface area contributed by atoms with Crippen molar-refractivity contribution in [2.75, 3.05) is 14.2 Å². The van der Waals surface area contributed by atoms with E-state index in [1.54, 1.807) is 26.4 Å². The molecule has 4 aromatic rings. The molecule has 0 aliphatic carbocycles. The van der Waals surface area contributed by atoms with Gasteiger partial charge in [0.25, 0.3) is 0 Å². The van der Waals surface area contributed by atoms with Gasteiger partial charge in [0.05, 0.1) is 14.2 Å². The monoisotopic (exact) mass is 458 g/mol. The maximum absolute atomic E-state index is 14.6. The lowest BCUT2D eigenvalue weighted by Gasteiger charge is -2.26. The molecule has 0 radical (unpaired) electrons. The van der Waals surface area contributed by atoms with Crippen molar-refractivity contribution in [1.29, 1.82) is 0 Å². The second kappa shape index (κ2) is 9.92. The Balaban J connectivity index is 1.96. The predicted octanol–water partition coefficient (Wildman–Crippen LogP) is 6.00. The van der Waals surface area contributed by atoms with E-state index in [4.69, 9.17) is 9.47 Å². The first-order valence-corrected chi connectivity index (χ1v) is 12.3. The van der Waals surface area contributed by atoms with Crippen molar-refractivity contribution in [3.63, 3.8) is 0 Å². The summed E-state index contributed by atoms with van der Waals surface area (Å²) < 4.78 is 39.9. The molecule has 33 heavy (non-hydrogen) atoms. The van der Waals surface area contributed by atoms with Gasteiger partial charge in [-0.3, -0.25) is 0 Å².